The van der Waals surface area contributed by atoms with Crippen molar-refractivity contribution in [2.24, 2.45) is 5.92 Å². The highest BCUT2D eigenvalue weighted by molar-refractivity contribution is 5.79. The monoisotopic (exact) mass is 184 g/mol. The van der Waals surface area contributed by atoms with Gasteiger partial charge in [0.1, 0.15) is 0 Å². The molecule has 0 N–H and O–H groups in total. The summed E-state index contributed by atoms with van der Waals surface area (Å²) in [6, 6.07) is 0. The zero-order chi connectivity index (χ0) is 9.84. The molecule has 4 heteroatoms. The first-order valence-corrected chi connectivity index (χ1v) is 4.35. The van der Waals surface area contributed by atoms with Gasteiger partial charge in [0.15, 0.2) is 0 Å². The largest absolute Gasteiger partial charge is 0.381 e. The molecule has 0 aromatic rings. The summed E-state index contributed by atoms with van der Waals surface area (Å²) in [5, 5.41) is 1.28. The second-order valence-electron chi connectivity index (χ2n) is 3.24. The van der Waals surface area contributed by atoms with Gasteiger partial charge in [-0.3, -0.25) is 9.63 Å². The molecule has 1 aliphatic heterocycles. The third-order valence-corrected chi connectivity index (χ3v) is 2.27. The predicted molar refractivity (Wildman–Crippen MR) is 49.7 cm³/mol. The summed E-state index contributed by atoms with van der Waals surface area (Å²) in [4.78, 5) is 18.5. The van der Waals surface area contributed by atoms with Crippen molar-refractivity contribution in [2.45, 2.75) is 6.42 Å². The van der Waals surface area contributed by atoms with Gasteiger partial charge in [-0.25, -0.2) is 5.06 Å². The molecule has 0 aromatic carbocycles. The highest BCUT2D eigenvalue weighted by atomic mass is 16.7. The van der Waals surface area contributed by atoms with Crippen LogP contribution in [0.4, 0.5) is 0 Å². The first-order chi connectivity index (χ1) is 6.15. The third kappa shape index (κ3) is 2.45. The predicted octanol–water partition coefficient (Wildman–Crippen LogP) is 0.472. The second kappa shape index (κ2) is 4.28. The lowest BCUT2D eigenvalue weighted by Crippen LogP contribution is -2.34. The summed E-state index contributed by atoms with van der Waals surface area (Å²) in [7, 11) is 5.13. The first-order valence-electron chi connectivity index (χ1n) is 4.35. The van der Waals surface area contributed by atoms with Crippen molar-refractivity contribution >= 4 is 5.91 Å². The van der Waals surface area contributed by atoms with E-state index in [2.05, 4.69) is 4.90 Å². The van der Waals surface area contributed by atoms with Crippen molar-refractivity contribution in [3.8, 4) is 0 Å². The molecule has 1 rings (SSSR count). The van der Waals surface area contributed by atoms with Crippen molar-refractivity contribution in [1.29, 1.82) is 0 Å². The zero-order valence-corrected chi connectivity index (χ0v) is 8.36. The lowest BCUT2D eigenvalue weighted by Gasteiger charge is -2.25. The molecule has 0 fully saturated rings. The Hall–Kier alpha value is -1.03. The van der Waals surface area contributed by atoms with Crippen LogP contribution in [0.2, 0.25) is 0 Å². The number of rotatable bonds is 2. The third-order valence-electron chi connectivity index (χ3n) is 2.27. The molecule has 4 nitrogen and oxygen atoms in total. The molecule has 0 bridgehead atoms. The number of hydrogen-bond acceptors (Lipinski definition) is 3. The van der Waals surface area contributed by atoms with E-state index in [1.807, 2.05) is 19.3 Å². The topological polar surface area (TPSA) is 32.8 Å². The van der Waals surface area contributed by atoms with Gasteiger partial charge in [-0.05, 0) is 12.6 Å². The fraction of sp³-hybridized carbons (Fsp3) is 0.667. The van der Waals surface area contributed by atoms with Crippen LogP contribution in [0.5, 0.6) is 0 Å². The van der Waals surface area contributed by atoms with Crippen LogP contribution >= 0.6 is 0 Å². The maximum atomic E-state index is 11.6. The van der Waals surface area contributed by atoms with E-state index in [4.69, 9.17) is 4.84 Å². The molecule has 1 atom stereocenters. The maximum Gasteiger partial charge on any atom is 0.252 e. The summed E-state index contributed by atoms with van der Waals surface area (Å²) in [6.07, 6.45) is 4.72. The van der Waals surface area contributed by atoms with Gasteiger partial charge in [-0.1, -0.05) is 6.08 Å². The van der Waals surface area contributed by atoms with Crippen molar-refractivity contribution in [2.75, 3.05) is 27.7 Å². The number of nitrogens with zero attached hydrogens (tertiary/aromatic N) is 2. The Morgan fingerprint density at radius 3 is 2.85 bits per heavy atom. The molecule has 74 valence electrons. The van der Waals surface area contributed by atoms with E-state index in [0.29, 0.717) is 0 Å². The van der Waals surface area contributed by atoms with Gasteiger partial charge in [-0.2, -0.15) is 0 Å². The van der Waals surface area contributed by atoms with Crippen LogP contribution in [0, 0.1) is 5.92 Å². The molecule has 0 saturated carbocycles. The quantitative estimate of drug-likeness (QED) is 0.585. The molecule has 0 spiro atoms. The van der Waals surface area contributed by atoms with Crippen LogP contribution in [0.3, 0.4) is 0 Å². The van der Waals surface area contributed by atoms with Gasteiger partial charge in [0.25, 0.3) is 5.91 Å². The molecule has 1 heterocycles. The molecule has 1 amide bonds. The minimum Gasteiger partial charge on any atom is -0.381 e. The average Bonchev–Trinajstić information content (AvgIpc) is 2.17. The van der Waals surface area contributed by atoms with E-state index >= 15 is 0 Å². The highest BCUT2D eigenvalue weighted by Gasteiger charge is 2.21. The van der Waals surface area contributed by atoms with Gasteiger partial charge in [0.2, 0.25) is 0 Å². The number of hydroxylamine groups is 2. The van der Waals surface area contributed by atoms with E-state index in [1.165, 1.54) is 12.2 Å². The summed E-state index contributed by atoms with van der Waals surface area (Å²) in [5.41, 5.74) is 0. The minimum absolute atomic E-state index is 0.0202. The summed E-state index contributed by atoms with van der Waals surface area (Å²) >= 11 is 0. The van der Waals surface area contributed by atoms with E-state index in [9.17, 15) is 4.79 Å². The van der Waals surface area contributed by atoms with E-state index in [0.717, 1.165) is 13.0 Å². The molecule has 0 radical (unpaired) electrons. The highest BCUT2D eigenvalue weighted by Crippen LogP contribution is 2.14. The average molecular weight is 184 g/mol. The summed E-state index contributed by atoms with van der Waals surface area (Å²) in [5.74, 6) is -0.00648. The summed E-state index contributed by atoms with van der Waals surface area (Å²) < 4.78 is 0. The Bertz CT molecular complexity index is 216. The normalized spacial score (nSPS) is 21.8. The van der Waals surface area contributed by atoms with Crippen LogP contribution in [-0.4, -0.2) is 43.6 Å². The van der Waals surface area contributed by atoms with Crippen LogP contribution in [-0.2, 0) is 9.63 Å². The molecular weight excluding hydrogens is 168 g/mol. The Balaban J connectivity index is 2.53. The molecule has 1 aliphatic rings. The number of amides is 1. The Morgan fingerprint density at radius 1 is 1.69 bits per heavy atom. The van der Waals surface area contributed by atoms with Crippen LogP contribution in [0.15, 0.2) is 12.3 Å². The maximum absolute atomic E-state index is 11.6. The van der Waals surface area contributed by atoms with Crippen molar-refractivity contribution in [3.05, 3.63) is 12.3 Å². The fourth-order valence-electron chi connectivity index (χ4n) is 1.29. The van der Waals surface area contributed by atoms with Crippen LogP contribution in [0.1, 0.15) is 6.42 Å². The fourth-order valence-corrected chi connectivity index (χ4v) is 1.29. The number of carbonyl (C=O) groups excluding carboxylic acids is 1. The molecule has 0 aromatic heterocycles. The molecule has 13 heavy (non-hydrogen) atoms. The minimum atomic E-state index is -0.0267. The Kier molecular flexibility index (Phi) is 3.31. The van der Waals surface area contributed by atoms with E-state index < -0.39 is 0 Å². The zero-order valence-electron chi connectivity index (χ0n) is 8.36. The lowest BCUT2D eigenvalue weighted by atomic mass is 10.0. The standard InChI is InChI=1S/C9H16N2O2/c1-10-6-4-8(5-7-10)9(12)11(2)13-3/h4,6,8H,5,7H2,1-3H3. The summed E-state index contributed by atoms with van der Waals surface area (Å²) in [6.45, 7) is 0.921. The van der Waals surface area contributed by atoms with E-state index in [-0.39, 0.29) is 11.8 Å². The van der Waals surface area contributed by atoms with Gasteiger partial charge >= 0.3 is 0 Å². The number of hydrogen-bond donors (Lipinski definition) is 0. The second-order valence-corrected chi connectivity index (χ2v) is 3.24. The van der Waals surface area contributed by atoms with E-state index in [1.54, 1.807) is 7.05 Å². The van der Waals surface area contributed by atoms with Gasteiger partial charge in [-0.15, -0.1) is 0 Å². The smallest absolute Gasteiger partial charge is 0.252 e. The van der Waals surface area contributed by atoms with Gasteiger partial charge in [0.05, 0.1) is 13.0 Å². The van der Waals surface area contributed by atoms with Gasteiger partial charge in [0, 0.05) is 20.6 Å². The molecule has 0 aliphatic carbocycles. The molecule has 1 unspecified atom stereocenters. The molecular formula is C9H16N2O2. The molecule has 0 saturated heterocycles. The Morgan fingerprint density at radius 2 is 2.38 bits per heavy atom. The lowest BCUT2D eigenvalue weighted by molar-refractivity contribution is -0.172. The van der Waals surface area contributed by atoms with Crippen LogP contribution in [0.25, 0.3) is 0 Å². The Labute approximate surface area is 78.7 Å². The van der Waals surface area contributed by atoms with Crippen molar-refractivity contribution < 1.29 is 9.63 Å². The first kappa shape index (κ1) is 10.1. The van der Waals surface area contributed by atoms with Crippen LogP contribution < -0.4 is 0 Å². The SMILES string of the molecule is CON(C)C(=O)C1C=CN(C)CC1. The van der Waals surface area contributed by atoms with Crippen molar-refractivity contribution in [1.82, 2.24) is 9.96 Å². The van der Waals surface area contributed by atoms with Gasteiger partial charge < -0.3 is 4.90 Å². The van der Waals surface area contributed by atoms with Crippen molar-refractivity contribution in [3.63, 3.8) is 0 Å². The number of carbonyl (C=O) groups is 1.